The Morgan fingerprint density at radius 1 is 1.09 bits per heavy atom. The molecule has 0 saturated carbocycles. The van der Waals surface area contributed by atoms with Gasteiger partial charge in [0.1, 0.15) is 5.60 Å². The summed E-state index contributed by atoms with van der Waals surface area (Å²) < 4.78 is 8.49. The molecule has 1 amide bonds. The van der Waals surface area contributed by atoms with Crippen LogP contribution >= 0.6 is 11.6 Å². The average Bonchev–Trinajstić information content (AvgIpc) is 3.07. The molecule has 0 fully saturated rings. The van der Waals surface area contributed by atoms with Crippen molar-refractivity contribution in [2.45, 2.75) is 26.4 Å². The summed E-state index contributed by atoms with van der Waals surface area (Å²) in [5, 5.41) is 10.7. The molecule has 32 heavy (non-hydrogen) atoms. The molecule has 4 aromatic rings. The molecule has 2 aromatic carbocycles. The third kappa shape index (κ3) is 4.55. The fraction of sp³-hybridized carbons (Fsp3) is 0.261. The molecule has 0 aliphatic rings. The number of aromatic amines is 1. The first-order valence-corrected chi connectivity index (χ1v) is 10.7. The quantitative estimate of drug-likeness (QED) is 0.317. The van der Waals surface area contributed by atoms with Gasteiger partial charge in [-0.2, -0.15) is 0 Å². The largest absolute Gasteiger partial charge is 0.444 e. The Bertz CT molecular complexity index is 1340. The molecular formula is C23H25ClN5O3+. The van der Waals surface area contributed by atoms with Crippen molar-refractivity contribution in [3.05, 3.63) is 70.0 Å². The number of para-hydroxylation sites is 1. The molecule has 0 bridgehead atoms. The monoisotopic (exact) mass is 454 g/mol. The first-order chi connectivity index (χ1) is 15.2. The van der Waals surface area contributed by atoms with Crippen molar-refractivity contribution < 1.29 is 14.0 Å². The number of carbonyl (C=O) groups is 1. The molecule has 0 spiro atoms. The highest BCUT2D eigenvalue weighted by molar-refractivity contribution is 6.30. The maximum atomic E-state index is 13.1. The number of fused-ring (bicyclic) bond motifs is 3. The topological polar surface area (TPSA) is 92.2 Å². The lowest BCUT2D eigenvalue weighted by Crippen LogP contribution is -2.35. The number of amides is 1. The second-order valence-corrected chi connectivity index (χ2v) is 8.80. The van der Waals surface area contributed by atoms with Crippen LogP contribution in [0.1, 0.15) is 20.8 Å². The molecule has 0 radical (unpaired) electrons. The number of hydrogen-bond acceptors (Lipinski definition) is 4. The zero-order valence-electron chi connectivity index (χ0n) is 18.1. The van der Waals surface area contributed by atoms with Gasteiger partial charge in [0.15, 0.2) is 11.2 Å². The number of aromatic nitrogens is 3. The van der Waals surface area contributed by atoms with Crippen LogP contribution in [0.2, 0.25) is 5.02 Å². The Kier molecular flexibility index (Phi) is 5.80. The van der Waals surface area contributed by atoms with Crippen molar-refractivity contribution in [2.75, 3.05) is 18.4 Å². The lowest BCUT2D eigenvalue weighted by Gasteiger charge is -2.19. The average molecular weight is 455 g/mol. The number of pyridine rings is 1. The van der Waals surface area contributed by atoms with E-state index in [9.17, 15) is 9.59 Å². The minimum absolute atomic E-state index is 0.187. The molecular weight excluding hydrogens is 430 g/mol. The summed E-state index contributed by atoms with van der Waals surface area (Å²) in [6, 6.07) is 16.6. The fourth-order valence-electron chi connectivity index (χ4n) is 3.42. The van der Waals surface area contributed by atoms with Crippen LogP contribution in [0.3, 0.4) is 0 Å². The maximum Gasteiger partial charge on any atom is 0.407 e. The first-order valence-electron chi connectivity index (χ1n) is 10.3. The molecule has 166 valence electrons. The summed E-state index contributed by atoms with van der Waals surface area (Å²) in [4.78, 5) is 25.0. The number of nitrogens with one attached hydrogen (secondary N) is 3. The molecule has 2 heterocycles. The van der Waals surface area contributed by atoms with Crippen LogP contribution in [0, 0.1) is 0 Å². The van der Waals surface area contributed by atoms with Gasteiger partial charge in [-0.05, 0) is 57.2 Å². The molecule has 0 aliphatic carbocycles. The van der Waals surface area contributed by atoms with Crippen LogP contribution in [0.15, 0.2) is 59.4 Å². The molecule has 0 unspecified atom stereocenters. The third-order valence-electron chi connectivity index (χ3n) is 4.77. The third-order valence-corrected chi connectivity index (χ3v) is 5.02. The van der Waals surface area contributed by atoms with E-state index in [4.69, 9.17) is 16.3 Å². The van der Waals surface area contributed by atoms with Gasteiger partial charge in [-0.1, -0.05) is 33.6 Å². The molecule has 4 rings (SSSR count). The summed E-state index contributed by atoms with van der Waals surface area (Å²) in [5.74, 6) is 0. The Hall–Kier alpha value is -3.52. The number of ether oxygens (including phenoxy) is 1. The van der Waals surface area contributed by atoms with E-state index in [2.05, 4.69) is 15.8 Å². The zero-order chi connectivity index (χ0) is 22.9. The number of rotatable bonds is 5. The molecule has 2 aromatic heterocycles. The lowest BCUT2D eigenvalue weighted by molar-refractivity contribution is -0.555. The second-order valence-electron chi connectivity index (χ2n) is 8.37. The SMILES string of the molecule is CC(C)(C)OC(=O)NCCNc1cc2c(=O)n(-c3ccc(Cl)cc3)[nH][n+]2c2ccccc12. The summed E-state index contributed by atoms with van der Waals surface area (Å²) in [5.41, 5.74) is 2.08. The van der Waals surface area contributed by atoms with E-state index >= 15 is 0 Å². The predicted octanol–water partition coefficient (Wildman–Crippen LogP) is 3.65. The van der Waals surface area contributed by atoms with Crippen LogP contribution in [-0.2, 0) is 4.74 Å². The highest BCUT2D eigenvalue weighted by Crippen LogP contribution is 2.21. The summed E-state index contributed by atoms with van der Waals surface area (Å²) in [6.07, 6.45) is -0.466. The van der Waals surface area contributed by atoms with Crippen LogP contribution in [0.25, 0.3) is 22.1 Å². The van der Waals surface area contributed by atoms with Gasteiger partial charge >= 0.3 is 11.7 Å². The van der Waals surface area contributed by atoms with Crippen molar-refractivity contribution in [3.63, 3.8) is 0 Å². The van der Waals surface area contributed by atoms with E-state index < -0.39 is 11.7 Å². The number of carbonyl (C=O) groups excluding carboxylic acids is 1. The highest BCUT2D eigenvalue weighted by atomic mass is 35.5. The van der Waals surface area contributed by atoms with Gasteiger partial charge in [0, 0.05) is 29.6 Å². The van der Waals surface area contributed by atoms with Gasteiger partial charge in [0.25, 0.3) is 0 Å². The smallest absolute Gasteiger partial charge is 0.407 e. The van der Waals surface area contributed by atoms with E-state index in [0.717, 1.165) is 16.6 Å². The van der Waals surface area contributed by atoms with Crippen molar-refractivity contribution in [1.29, 1.82) is 0 Å². The molecule has 0 atom stereocenters. The van der Waals surface area contributed by atoms with Gasteiger partial charge in [-0.15, -0.1) is 4.52 Å². The van der Waals surface area contributed by atoms with E-state index in [1.807, 2.05) is 45.0 Å². The number of anilines is 1. The zero-order valence-corrected chi connectivity index (χ0v) is 18.9. The number of nitrogens with zero attached hydrogens (tertiary/aromatic N) is 2. The Balaban J connectivity index is 1.63. The number of benzene rings is 2. The predicted molar refractivity (Wildman–Crippen MR) is 125 cm³/mol. The number of H-pyrrole nitrogens is 1. The molecule has 3 N–H and O–H groups in total. The summed E-state index contributed by atoms with van der Waals surface area (Å²) in [7, 11) is 0. The van der Waals surface area contributed by atoms with Gasteiger partial charge in [0.2, 0.25) is 5.52 Å². The van der Waals surface area contributed by atoms with Crippen molar-refractivity contribution in [1.82, 2.24) is 15.2 Å². The van der Waals surface area contributed by atoms with E-state index in [1.165, 1.54) is 4.68 Å². The molecule has 8 nitrogen and oxygen atoms in total. The van der Waals surface area contributed by atoms with Gasteiger partial charge in [-0.3, -0.25) is 0 Å². The van der Waals surface area contributed by atoms with Crippen LogP contribution < -0.4 is 20.7 Å². The second kappa shape index (κ2) is 8.55. The molecule has 0 saturated heterocycles. The molecule has 0 aliphatic heterocycles. The molecule has 9 heteroatoms. The van der Waals surface area contributed by atoms with Crippen molar-refractivity contribution in [2.24, 2.45) is 0 Å². The van der Waals surface area contributed by atoms with Crippen LogP contribution in [0.5, 0.6) is 0 Å². The van der Waals surface area contributed by atoms with Crippen LogP contribution in [-0.4, -0.2) is 34.7 Å². The van der Waals surface area contributed by atoms with E-state index in [1.54, 1.807) is 34.8 Å². The highest BCUT2D eigenvalue weighted by Gasteiger charge is 2.21. The minimum Gasteiger partial charge on any atom is -0.444 e. The first kappa shape index (κ1) is 21.7. The summed E-state index contributed by atoms with van der Waals surface area (Å²) in [6.45, 7) is 6.29. The standard InChI is InChI=1S/C23H24ClN5O3/c1-23(2,3)32-22(31)26-13-12-25-18-14-20-21(30)28(16-10-8-15(24)9-11-16)27-29(20)19-7-5-4-6-17(18)19/h4-11,14,27H,12-13H2,1-3H3,(H,26,31)/p+1. The maximum absolute atomic E-state index is 13.1. The van der Waals surface area contributed by atoms with E-state index in [-0.39, 0.29) is 5.56 Å². The Morgan fingerprint density at radius 2 is 1.81 bits per heavy atom. The fourth-order valence-corrected chi connectivity index (χ4v) is 3.54. The van der Waals surface area contributed by atoms with Gasteiger partial charge in [-0.25, -0.2) is 9.59 Å². The summed E-state index contributed by atoms with van der Waals surface area (Å²) >= 11 is 5.98. The van der Waals surface area contributed by atoms with Gasteiger partial charge in [0.05, 0.1) is 5.69 Å². The normalized spacial score (nSPS) is 11.6. The number of alkyl carbamates (subject to hydrolysis) is 1. The van der Waals surface area contributed by atoms with E-state index in [0.29, 0.717) is 29.3 Å². The van der Waals surface area contributed by atoms with Crippen LogP contribution in [0.4, 0.5) is 10.5 Å². The van der Waals surface area contributed by atoms with Gasteiger partial charge < -0.3 is 15.4 Å². The van der Waals surface area contributed by atoms with Crippen molar-refractivity contribution >= 4 is 39.8 Å². The Morgan fingerprint density at radius 3 is 2.53 bits per heavy atom. The van der Waals surface area contributed by atoms with Crippen molar-refractivity contribution in [3.8, 4) is 5.69 Å². The minimum atomic E-state index is -0.547. The Labute approximate surface area is 189 Å². The number of hydrogen-bond donors (Lipinski definition) is 3. The number of halogens is 1. The lowest BCUT2D eigenvalue weighted by atomic mass is 10.1.